The van der Waals surface area contributed by atoms with Crippen molar-refractivity contribution in [1.29, 1.82) is 0 Å². The molecule has 2 aliphatic rings. The summed E-state index contributed by atoms with van der Waals surface area (Å²) in [6.07, 6.45) is 6.07. The van der Waals surface area contributed by atoms with E-state index in [9.17, 15) is 14.4 Å². The number of amides is 3. The van der Waals surface area contributed by atoms with Crippen molar-refractivity contribution in [3.63, 3.8) is 0 Å². The van der Waals surface area contributed by atoms with Crippen LogP contribution >= 0.6 is 0 Å². The molecule has 0 spiro atoms. The van der Waals surface area contributed by atoms with E-state index in [2.05, 4.69) is 15.8 Å². The van der Waals surface area contributed by atoms with Gasteiger partial charge in [-0.3, -0.25) is 14.4 Å². The minimum atomic E-state index is -0.448. The van der Waals surface area contributed by atoms with E-state index in [1.807, 2.05) is 6.92 Å². The number of aryl methyl sites for hydroxylation is 1. The molecule has 164 valence electrons. The van der Waals surface area contributed by atoms with E-state index in [1.165, 1.54) is 25.5 Å². The Morgan fingerprint density at radius 2 is 2.06 bits per heavy atom. The Balaban J connectivity index is 1.61. The van der Waals surface area contributed by atoms with Crippen LogP contribution in [-0.2, 0) is 4.79 Å². The number of nitrogens with one attached hydrogen (secondary N) is 2. The van der Waals surface area contributed by atoms with Crippen molar-refractivity contribution in [3.05, 3.63) is 41.3 Å². The van der Waals surface area contributed by atoms with E-state index >= 15 is 0 Å². The highest BCUT2D eigenvalue weighted by atomic mass is 16.5. The molecular formula is C23H28N4O4. The number of anilines is 2. The van der Waals surface area contributed by atoms with Gasteiger partial charge in [-0.15, -0.1) is 0 Å². The van der Waals surface area contributed by atoms with Crippen LogP contribution in [0.2, 0.25) is 0 Å². The molecule has 3 amide bonds. The third-order valence-electron chi connectivity index (χ3n) is 6.58. The summed E-state index contributed by atoms with van der Waals surface area (Å²) in [5.41, 5.74) is 2.26. The predicted octanol–water partition coefficient (Wildman–Crippen LogP) is 3.53. The molecule has 2 atom stereocenters. The Labute approximate surface area is 181 Å². The fourth-order valence-electron chi connectivity index (χ4n) is 4.09. The normalized spacial score (nSPS) is 21.0. The average molecular weight is 425 g/mol. The van der Waals surface area contributed by atoms with Crippen LogP contribution in [0, 0.1) is 18.8 Å². The molecule has 1 saturated carbocycles. The van der Waals surface area contributed by atoms with E-state index in [1.54, 1.807) is 36.9 Å². The Kier molecular flexibility index (Phi) is 5.80. The maximum atomic E-state index is 13.3. The minimum absolute atomic E-state index is 0.186. The fraction of sp³-hybridized carbons (Fsp3) is 0.478. The monoisotopic (exact) mass is 424 g/mol. The van der Waals surface area contributed by atoms with Crippen molar-refractivity contribution in [2.24, 2.45) is 11.8 Å². The lowest BCUT2D eigenvalue weighted by molar-refractivity contribution is -0.119. The first-order valence-electron chi connectivity index (χ1n) is 10.8. The van der Waals surface area contributed by atoms with E-state index in [-0.39, 0.29) is 17.7 Å². The van der Waals surface area contributed by atoms with Gasteiger partial charge in [0.1, 0.15) is 11.8 Å². The smallest absolute Gasteiger partial charge is 0.263 e. The van der Waals surface area contributed by atoms with Crippen LogP contribution in [0.15, 0.2) is 29.0 Å². The first-order chi connectivity index (χ1) is 14.9. The van der Waals surface area contributed by atoms with Crippen molar-refractivity contribution in [2.75, 3.05) is 16.8 Å². The van der Waals surface area contributed by atoms with Gasteiger partial charge in [-0.1, -0.05) is 31.3 Å². The van der Waals surface area contributed by atoms with Crippen LogP contribution in [-0.4, -0.2) is 35.5 Å². The van der Waals surface area contributed by atoms with Gasteiger partial charge >= 0.3 is 0 Å². The molecule has 4 rings (SSSR count). The zero-order valence-corrected chi connectivity index (χ0v) is 18.1. The Bertz CT molecular complexity index is 1010. The minimum Gasteiger partial charge on any atom is -0.364 e. The van der Waals surface area contributed by atoms with Crippen LogP contribution in [0.5, 0.6) is 0 Å². The maximum absolute atomic E-state index is 13.3. The highest BCUT2D eigenvalue weighted by molar-refractivity contribution is 6.12. The quantitative estimate of drug-likeness (QED) is 0.764. The predicted molar refractivity (Wildman–Crippen MR) is 116 cm³/mol. The summed E-state index contributed by atoms with van der Waals surface area (Å²) in [6, 6.07) is 4.64. The third-order valence-corrected chi connectivity index (χ3v) is 6.58. The highest BCUT2D eigenvalue weighted by Crippen LogP contribution is 2.35. The lowest BCUT2D eigenvalue weighted by Crippen LogP contribution is -2.43. The van der Waals surface area contributed by atoms with Gasteiger partial charge in [0.25, 0.3) is 11.8 Å². The molecule has 8 heteroatoms. The first kappa shape index (κ1) is 21.1. The molecule has 2 heterocycles. The van der Waals surface area contributed by atoms with Crippen LogP contribution in [0.1, 0.15) is 65.9 Å². The SMILES string of the molecule is Cc1nocc1C(=O)N1c2ccc(C(=O)NCCC3CCC3)cc2NC(=O)C(C)C1C. The maximum Gasteiger partial charge on any atom is 0.263 e. The molecule has 0 bridgehead atoms. The molecule has 31 heavy (non-hydrogen) atoms. The lowest BCUT2D eigenvalue weighted by atomic mass is 9.83. The third kappa shape index (κ3) is 4.06. The number of carbonyl (C=O) groups excluding carboxylic acids is 3. The first-order valence-corrected chi connectivity index (χ1v) is 10.8. The van der Waals surface area contributed by atoms with Gasteiger partial charge in [0, 0.05) is 18.2 Å². The summed E-state index contributed by atoms with van der Waals surface area (Å²) in [4.78, 5) is 40.2. The number of hydrogen-bond donors (Lipinski definition) is 2. The molecule has 0 saturated heterocycles. The Morgan fingerprint density at radius 3 is 2.71 bits per heavy atom. The van der Waals surface area contributed by atoms with Crippen molar-refractivity contribution in [3.8, 4) is 0 Å². The van der Waals surface area contributed by atoms with E-state index in [0.29, 0.717) is 34.7 Å². The Hall–Kier alpha value is -3.16. The zero-order chi connectivity index (χ0) is 22.1. The van der Waals surface area contributed by atoms with Gasteiger partial charge < -0.3 is 20.1 Å². The van der Waals surface area contributed by atoms with E-state index in [4.69, 9.17) is 4.52 Å². The number of fused-ring (bicyclic) bond motifs is 1. The molecule has 0 radical (unpaired) electrons. The molecule has 2 N–H and O–H groups in total. The summed E-state index contributed by atoms with van der Waals surface area (Å²) in [6.45, 7) is 5.95. The highest BCUT2D eigenvalue weighted by Gasteiger charge is 2.36. The molecule has 1 aromatic heterocycles. The summed E-state index contributed by atoms with van der Waals surface area (Å²) in [5.74, 6) is -0.414. The number of rotatable bonds is 5. The molecule has 2 aromatic rings. The van der Waals surface area contributed by atoms with Gasteiger partial charge in [0.2, 0.25) is 5.91 Å². The molecular weight excluding hydrogens is 396 g/mol. The molecule has 1 aliphatic heterocycles. The molecule has 1 aromatic carbocycles. The molecule has 8 nitrogen and oxygen atoms in total. The van der Waals surface area contributed by atoms with Gasteiger partial charge in [-0.05, 0) is 44.4 Å². The topological polar surface area (TPSA) is 105 Å². The number of carbonyl (C=O) groups is 3. The van der Waals surface area contributed by atoms with Crippen LogP contribution in [0.25, 0.3) is 0 Å². The summed E-state index contributed by atoms with van der Waals surface area (Å²) in [7, 11) is 0. The van der Waals surface area contributed by atoms with E-state index in [0.717, 1.165) is 12.3 Å². The van der Waals surface area contributed by atoms with Gasteiger partial charge in [-0.2, -0.15) is 0 Å². The lowest BCUT2D eigenvalue weighted by Gasteiger charge is -2.30. The van der Waals surface area contributed by atoms with Gasteiger partial charge in [0.05, 0.1) is 23.0 Å². The van der Waals surface area contributed by atoms with Gasteiger partial charge in [-0.25, -0.2) is 0 Å². The number of hydrogen-bond acceptors (Lipinski definition) is 5. The average Bonchev–Trinajstić information content (AvgIpc) is 3.12. The number of aromatic nitrogens is 1. The number of nitrogens with zero attached hydrogens (tertiary/aromatic N) is 2. The molecule has 1 fully saturated rings. The molecule has 1 aliphatic carbocycles. The molecule has 2 unspecified atom stereocenters. The standard InChI is InChI=1S/C23H28N4O4/c1-13-15(3)27(23(30)18-12-31-26-14(18)2)20-8-7-17(11-19(20)25-21(13)28)22(29)24-10-9-16-5-4-6-16/h7-8,11-13,15-16H,4-6,9-10H2,1-3H3,(H,24,29)(H,25,28). The summed E-state index contributed by atoms with van der Waals surface area (Å²) >= 11 is 0. The second-order valence-electron chi connectivity index (χ2n) is 8.58. The Morgan fingerprint density at radius 1 is 1.29 bits per heavy atom. The largest absolute Gasteiger partial charge is 0.364 e. The van der Waals surface area contributed by atoms with Crippen molar-refractivity contribution >= 4 is 29.1 Å². The van der Waals surface area contributed by atoms with Crippen LogP contribution in [0.3, 0.4) is 0 Å². The number of benzene rings is 1. The van der Waals surface area contributed by atoms with Crippen molar-refractivity contribution in [1.82, 2.24) is 10.5 Å². The van der Waals surface area contributed by atoms with Crippen LogP contribution in [0.4, 0.5) is 11.4 Å². The summed E-state index contributed by atoms with van der Waals surface area (Å²) < 4.78 is 4.94. The van der Waals surface area contributed by atoms with Crippen LogP contribution < -0.4 is 15.5 Å². The van der Waals surface area contributed by atoms with Crippen molar-refractivity contribution in [2.45, 2.75) is 52.5 Å². The van der Waals surface area contributed by atoms with Crippen molar-refractivity contribution < 1.29 is 18.9 Å². The second-order valence-corrected chi connectivity index (χ2v) is 8.58. The fourth-order valence-corrected chi connectivity index (χ4v) is 4.09. The van der Waals surface area contributed by atoms with E-state index < -0.39 is 12.0 Å². The van der Waals surface area contributed by atoms with Gasteiger partial charge in [0.15, 0.2) is 0 Å². The second kappa shape index (κ2) is 8.53. The summed E-state index contributed by atoms with van der Waals surface area (Å²) in [5, 5.41) is 9.64. The zero-order valence-electron chi connectivity index (χ0n) is 18.1.